The molecular weight excluding hydrogens is 348 g/mol. The molecule has 1 atom stereocenters. The lowest BCUT2D eigenvalue weighted by Gasteiger charge is -2.18. The van der Waals surface area contributed by atoms with Gasteiger partial charge < -0.3 is 4.74 Å². The second kappa shape index (κ2) is 10.4. The van der Waals surface area contributed by atoms with Gasteiger partial charge in [0.15, 0.2) is 0 Å². The second-order valence-corrected chi connectivity index (χ2v) is 8.17. The number of rotatable bonds is 8. The van der Waals surface area contributed by atoms with Crippen LogP contribution in [0.4, 0.5) is 0 Å². The Morgan fingerprint density at radius 1 is 0.920 bits per heavy atom. The molecule has 0 N–H and O–H groups in total. The Morgan fingerprint density at radius 3 is 1.80 bits per heavy atom. The molecule has 2 aromatic rings. The summed E-state index contributed by atoms with van der Waals surface area (Å²) in [4.78, 5) is 13.7. The Bertz CT molecular complexity index is 653. The van der Waals surface area contributed by atoms with Crippen molar-refractivity contribution in [3.05, 3.63) is 70.5 Å². The smallest absolute Gasteiger partial charge is 0.302 e. The van der Waals surface area contributed by atoms with Crippen molar-refractivity contribution in [3.8, 4) is 0 Å². The minimum Gasteiger partial charge on any atom is -0.462 e. The number of thioether (sulfide) groups is 2. The van der Waals surface area contributed by atoms with Gasteiger partial charge in [-0.15, -0.1) is 0 Å². The third kappa shape index (κ3) is 7.00. The molecule has 0 aliphatic rings. The van der Waals surface area contributed by atoms with Crippen LogP contribution in [0.15, 0.2) is 80.3 Å². The monoisotopic (exact) mass is 372 g/mol. The Hall–Kier alpha value is -1.65. The molecule has 0 aliphatic heterocycles. The van der Waals surface area contributed by atoms with Gasteiger partial charge in [0.25, 0.3) is 0 Å². The third-order valence-electron chi connectivity index (χ3n) is 3.58. The lowest BCUT2D eigenvalue weighted by molar-refractivity contribution is -0.146. The van der Waals surface area contributed by atoms with E-state index < -0.39 is 0 Å². The minimum absolute atomic E-state index is 0.0692. The average molecular weight is 373 g/mol. The van der Waals surface area contributed by atoms with Crippen LogP contribution in [-0.2, 0) is 9.53 Å². The molecule has 0 spiro atoms. The van der Waals surface area contributed by atoms with E-state index in [9.17, 15) is 4.79 Å². The maximum atomic E-state index is 11.3. The van der Waals surface area contributed by atoms with Crippen LogP contribution in [0, 0.1) is 0 Å². The first-order valence-electron chi connectivity index (χ1n) is 8.41. The highest BCUT2D eigenvalue weighted by atomic mass is 32.2. The van der Waals surface area contributed by atoms with E-state index in [1.165, 1.54) is 26.5 Å². The molecule has 0 radical (unpaired) electrons. The van der Waals surface area contributed by atoms with E-state index in [1.807, 2.05) is 12.1 Å². The summed E-state index contributed by atoms with van der Waals surface area (Å²) in [5, 5.41) is 0. The van der Waals surface area contributed by atoms with E-state index in [-0.39, 0.29) is 12.1 Å². The van der Waals surface area contributed by atoms with Gasteiger partial charge >= 0.3 is 5.97 Å². The third-order valence-corrected chi connectivity index (χ3v) is 6.16. The van der Waals surface area contributed by atoms with Gasteiger partial charge in [0, 0.05) is 27.4 Å². The molecule has 0 saturated heterocycles. The molecule has 25 heavy (non-hydrogen) atoms. The number of benzene rings is 2. The SMILES string of the molecule is CCC(CC(C)=C(Sc1ccccc1)Sc1ccccc1)OC(C)=O. The zero-order chi connectivity index (χ0) is 18.1. The van der Waals surface area contributed by atoms with Gasteiger partial charge in [-0.2, -0.15) is 0 Å². The first kappa shape index (κ1) is 19.7. The van der Waals surface area contributed by atoms with Crippen molar-refractivity contribution >= 4 is 29.5 Å². The molecule has 0 saturated carbocycles. The summed E-state index contributed by atoms with van der Waals surface area (Å²) in [6.45, 7) is 5.66. The van der Waals surface area contributed by atoms with Crippen LogP contribution in [-0.4, -0.2) is 12.1 Å². The highest BCUT2D eigenvalue weighted by molar-refractivity contribution is 8.22. The standard InChI is InChI=1S/C21H24O2S2/c1-4-18(23-17(3)22)15-16(2)21(24-19-11-7-5-8-12-19)25-20-13-9-6-10-14-20/h5-14,18H,4,15H2,1-3H3. The summed E-state index contributed by atoms with van der Waals surface area (Å²) in [6, 6.07) is 20.7. The second-order valence-electron chi connectivity index (χ2n) is 5.74. The largest absolute Gasteiger partial charge is 0.462 e. The van der Waals surface area contributed by atoms with Crippen LogP contribution >= 0.6 is 23.5 Å². The topological polar surface area (TPSA) is 26.3 Å². The average Bonchev–Trinajstić information content (AvgIpc) is 2.62. The zero-order valence-electron chi connectivity index (χ0n) is 14.9. The Morgan fingerprint density at radius 2 is 1.40 bits per heavy atom. The van der Waals surface area contributed by atoms with Gasteiger partial charge in [-0.3, -0.25) is 4.79 Å². The summed E-state index contributed by atoms with van der Waals surface area (Å²) in [5.74, 6) is -0.215. The lowest BCUT2D eigenvalue weighted by Crippen LogP contribution is -2.15. The maximum Gasteiger partial charge on any atom is 0.302 e. The fourth-order valence-corrected chi connectivity index (χ4v) is 4.59. The van der Waals surface area contributed by atoms with Crippen molar-refractivity contribution in [3.63, 3.8) is 0 Å². The molecule has 2 aromatic carbocycles. The van der Waals surface area contributed by atoms with Gasteiger partial charge in [0.1, 0.15) is 6.10 Å². The summed E-state index contributed by atoms with van der Waals surface area (Å²) in [6.07, 6.45) is 1.50. The molecule has 0 fully saturated rings. The quantitative estimate of drug-likeness (QED) is 0.388. The van der Waals surface area contributed by atoms with Crippen molar-refractivity contribution < 1.29 is 9.53 Å². The van der Waals surface area contributed by atoms with Crippen molar-refractivity contribution in [1.82, 2.24) is 0 Å². The van der Waals surface area contributed by atoms with E-state index in [0.717, 1.165) is 12.8 Å². The Labute approximate surface area is 159 Å². The highest BCUT2D eigenvalue weighted by Gasteiger charge is 2.15. The van der Waals surface area contributed by atoms with Crippen molar-refractivity contribution in [2.24, 2.45) is 0 Å². The van der Waals surface area contributed by atoms with Crippen LogP contribution in [0.3, 0.4) is 0 Å². The van der Waals surface area contributed by atoms with E-state index in [4.69, 9.17) is 4.74 Å². The molecular formula is C21H24O2S2. The molecule has 4 heteroatoms. The summed E-state index contributed by atoms with van der Waals surface area (Å²) in [5.41, 5.74) is 1.25. The van der Waals surface area contributed by atoms with Crippen LogP contribution in [0.2, 0.25) is 0 Å². The number of carbonyl (C=O) groups is 1. The van der Waals surface area contributed by atoms with E-state index in [1.54, 1.807) is 23.5 Å². The first-order chi connectivity index (χ1) is 12.1. The van der Waals surface area contributed by atoms with Gasteiger partial charge in [-0.05, 0) is 43.2 Å². The van der Waals surface area contributed by atoms with Gasteiger partial charge in [0.05, 0.1) is 0 Å². The molecule has 0 amide bonds. The van der Waals surface area contributed by atoms with Gasteiger partial charge in [-0.1, -0.05) is 66.8 Å². The molecule has 0 heterocycles. The predicted octanol–water partition coefficient (Wildman–Crippen LogP) is 6.53. The van der Waals surface area contributed by atoms with Gasteiger partial charge in [-0.25, -0.2) is 0 Å². The van der Waals surface area contributed by atoms with Crippen LogP contribution < -0.4 is 0 Å². The minimum atomic E-state index is -0.215. The summed E-state index contributed by atoms with van der Waals surface area (Å²) < 4.78 is 6.67. The van der Waals surface area contributed by atoms with E-state index in [2.05, 4.69) is 62.4 Å². The fraction of sp³-hybridized carbons (Fsp3) is 0.286. The normalized spacial score (nSPS) is 11.6. The van der Waals surface area contributed by atoms with Gasteiger partial charge in [0.2, 0.25) is 0 Å². The van der Waals surface area contributed by atoms with Crippen molar-refractivity contribution in [2.45, 2.75) is 49.5 Å². The molecule has 132 valence electrons. The molecule has 0 aliphatic carbocycles. The molecule has 0 aromatic heterocycles. The number of esters is 1. The first-order valence-corrected chi connectivity index (χ1v) is 10.0. The fourth-order valence-electron chi connectivity index (χ4n) is 2.32. The Kier molecular flexibility index (Phi) is 8.16. The van der Waals surface area contributed by atoms with Crippen LogP contribution in [0.25, 0.3) is 0 Å². The van der Waals surface area contributed by atoms with E-state index >= 15 is 0 Å². The lowest BCUT2D eigenvalue weighted by atomic mass is 10.1. The molecule has 2 nitrogen and oxygen atoms in total. The van der Waals surface area contributed by atoms with Crippen LogP contribution in [0.5, 0.6) is 0 Å². The molecule has 2 rings (SSSR count). The number of hydrogen-bond acceptors (Lipinski definition) is 4. The van der Waals surface area contributed by atoms with Crippen molar-refractivity contribution in [2.75, 3.05) is 0 Å². The summed E-state index contributed by atoms with van der Waals surface area (Å²) in [7, 11) is 0. The van der Waals surface area contributed by atoms with E-state index in [0.29, 0.717) is 0 Å². The Balaban J connectivity index is 2.23. The number of ether oxygens (including phenoxy) is 1. The molecule has 0 bridgehead atoms. The highest BCUT2D eigenvalue weighted by Crippen LogP contribution is 2.42. The van der Waals surface area contributed by atoms with Crippen LogP contribution in [0.1, 0.15) is 33.6 Å². The zero-order valence-corrected chi connectivity index (χ0v) is 16.5. The van der Waals surface area contributed by atoms with Crippen molar-refractivity contribution in [1.29, 1.82) is 0 Å². The molecule has 1 unspecified atom stereocenters. The summed E-state index contributed by atoms with van der Waals surface area (Å²) >= 11 is 3.53. The maximum absolute atomic E-state index is 11.3. The predicted molar refractivity (Wildman–Crippen MR) is 108 cm³/mol. The number of hydrogen-bond donors (Lipinski definition) is 0. The number of carbonyl (C=O) groups excluding carboxylic acids is 1.